The highest BCUT2D eigenvalue weighted by Gasteiger charge is 2.18. The molecule has 8 heteroatoms. The lowest BCUT2D eigenvalue weighted by Crippen LogP contribution is -2.35. The van der Waals surface area contributed by atoms with E-state index in [1.54, 1.807) is 24.8 Å². The van der Waals surface area contributed by atoms with Gasteiger partial charge >= 0.3 is 0 Å². The van der Waals surface area contributed by atoms with Gasteiger partial charge < -0.3 is 15.6 Å². The van der Waals surface area contributed by atoms with E-state index in [-0.39, 0.29) is 11.9 Å². The van der Waals surface area contributed by atoms with E-state index in [0.29, 0.717) is 21.9 Å². The van der Waals surface area contributed by atoms with Crippen LogP contribution in [0.15, 0.2) is 31.0 Å². The number of nitrogen functional groups attached to an aromatic ring is 1. The average molecular weight is 302 g/mol. The molecule has 3 aromatic rings. The third-order valence-corrected chi connectivity index (χ3v) is 4.15. The van der Waals surface area contributed by atoms with E-state index in [1.807, 2.05) is 17.7 Å². The monoisotopic (exact) mass is 302 g/mol. The Morgan fingerprint density at radius 2 is 2.38 bits per heavy atom. The number of aromatic nitrogens is 4. The minimum absolute atomic E-state index is 0.0394. The van der Waals surface area contributed by atoms with E-state index >= 15 is 0 Å². The molecule has 1 amide bonds. The molecule has 0 spiro atoms. The summed E-state index contributed by atoms with van der Waals surface area (Å²) in [4.78, 5) is 17.4. The number of amides is 1. The zero-order valence-corrected chi connectivity index (χ0v) is 12.2. The Hall–Kier alpha value is -2.48. The number of anilines is 1. The zero-order chi connectivity index (χ0) is 14.8. The molecule has 3 heterocycles. The van der Waals surface area contributed by atoms with Gasteiger partial charge in [-0.25, -0.2) is 4.98 Å². The molecule has 0 saturated heterocycles. The van der Waals surface area contributed by atoms with Crippen LogP contribution in [0.5, 0.6) is 0 Å². The Kier molecular flexibility index (Phi) is 3.53. The fraction of sp³-hybridized carbons (Fsp3) is 0.231. The van der Waals surface area contributed by atoms with Crippen LogP contribution in [0.4, 0.5) is 5.69 Å². The number of nitrogens with zero attached hydrogens (tertiary/aromatic N) is 4. The number of rotatable bonds is 4. The van der Waals surface area contributed by atoms with Crippen molar-refractivity contribution in [3.8, 4) is 0 Å². The molecule has 1 atom stereocenters. The number of carbonyl (C=O) groups is 1. The summed E-state index contributed by atoms with van der Waals surface area (Å²) in [5, 5.41) is 11.5. The Labute approximate surface area is 124 Å². The minimum atomic E-state index is -0.192. The van der Waals surface area contributed by atoms with E-state index in [9.17, 15) is 4.79 Å². The van der Waals surface area contributed by atoms with Crippen LogP contribution in [-0.4, -0.2) is 31.7 Å². The molecule has 0 aromatic carbocycles. The number of hydrogen-bond acceptors (Lipinski definition) is 6. The highest BCUT2D eigenvalue weighted by Crippen LogP contribution is 2.31. The highest BCUT2D eigenvalue weighted by molar-refractivity contribution is 7.21. The summed E-state index contributed by atoms with van der Waals surface area (Å²) in [6, 6.07) is 1.72. The van der Waals surface area contributed by atoms with E-state index in [4.69, 9.17) is 5.73 Å². The van der Waals surface area contributed by atoms with Gasteiger partial charge in [0, 0.05) is 30.4 Å². The Morgan fingerprint density at radius 3 is 3.10 bits per heavy atom. The lowest BCUT2D eigenvalue weighted by molar-refractivity contribution is 0.0941. The lowest BCUT2D eigenvalue weighted by Gasteiger charge is -2.13. The number of fused-ring (bicyclic) bond motifs is 1. The summed E-state index contributed by atoms with van der Waals surface area (Å²) >= 11 is 1.25. The second-order valence-corrected chi connectivity index (χ2v) is 5.73. The maximum absolute atomic E-state index is 12.3. The average Bonchev–Trinajstić information content (AvgIpc) is 3.07. The van der Waals surface area contributed by atoms with Crippen LogP contribution < -0.4 is 11.1 Å². The quantitative estimate of drug-likeness (QED) is 0.756. The molecule has 21 heavy (non-hydrogen) atoms. The second kappa shape index (κ2) is 5.49. The van der Waals surface area contributed by atoms with Crippen LogP contribution in [0, 0.1) is 0 Å². The molecular weight excluding hydrogens is 288 g/mol. The number of hydrogen-bond donors (Lipinski definition) is 2. The van der Waals surface area contributed by atoms with Crippen LogP contribution in [-0.2, 0) is 6.54 Å². The van der Waals surface area contributed by atoms with Crippen molar-refractivity contribution in [1.82, 2.24) is 25.1 Å². The van der Waals surface area contributed by atoms with Gasteiger partial charge in [0.2, 0.25) is 0 Å². The number of carbonyl (C=O) groups excluding carboxylic acids is 1. The first-order chi connectivity index (χ1) is 10.1. The molecule has 0 saturated carbocycles. The molecule has 0 radical (unpaired) electrons. The smallest absolute Gasteiger partial charge is 0.263 e. The Balaban J connectivity index is 1.76. The fourth-order valence-electron chi connectivity index (χ4n) is 2.09. The molecule has 0 aliphatic heterocycles. The largest absolute Gasteiger partial charge is 0.397 e. The number of nitrogens with one attached hydrogen (secondary N) is 1. The first-order valence-corrected chi connectivity index (χ1v) is 7.23. The molecule has 3 N–H and O–H groups in total. The van der Waals surface area contributed by atoms with Crippen molar-refractivity contribution in [2.45, 2.75) is 19.5 Å². The highest BCUT2D eigenvalue weighted by atomic mass is 32.1. The molecule has 3 rings (SSSR count). The van der Waals surface area contributed by atoms with Gasteiger partial charge in [0.25, 0.3) is 5.91 Å². The number of thiophene rings is 1. The predicted octanol–water partition coefficient (Wildman–Crippen LogP) is 1.29. The molecule has 0 bridgehead atoms. The van der Waals surface area contributed by atoms with Crippen molar-refractivity contribution in [3.05, 3.63) is 35.9 Å². The molecule has 1 unspecified atom stereocenters. The third-order valence-electron chi connectivity index (χ3n) is 3.05. The summed E-state index contributed by atoms with van der Waals surface area (Å²) in [6.07, 6.45) is 6.84. The van der Waals surface area contributed by atoms with Crippen LogP contribution in [0.1, 0.15) is 16.6 Å². The minimum Gasteiger partial charge on any atom is -0.397 e. The van der Waals surface area contributed by atoms with Crippen molar-refractivity contribution < 1.29 is 4.79 Å². The van der Waals surface area contributed by atoms with Gasteiger partial charge in [-0.3, -0.25) is 4.79 Å². The normalized spacial score (nSPS) is 12.4. The maximum atomic E-state index is 12.3. The lowest BCUT2D eigenvalue weighted by atomic mass is 10.2. The van der Waals surface area contributed by atoms with Crippen molar-refractivity contribution >= 4 is 33.1 Å². The zero-order valence-electron chi connectivity index (χ0n) is 11.4. The van der Waals surface area contributed by atoms with Crippen LogP contribution in [0.25, 0.3) is 10.2 Å². The van der Waals surface area contributed by atoms with Crippen LogP contribution >= 0.6 is 11.3 Å². The molecular formula is C13H14N6OS. The predicted molar refractivity (Wildman–Crippen MR) is 81.0 cm³/mol. The molecule has 0 aliphatic carbocycles. The second-order valence-electron chi connectivity index (χ2n) is 4.73. The van der Waals surface area contributed by atoms with Gasteiger partial charge in [-0.2, -0.15) is 5.10 Å². The topological polar surface area (TPSA) is 98.7 Å². The van der Waals surface area contributed by atoms with Gasteiger partial charge in [0.1, 0.15) is 9.71 Å². The first kappa shape index (κ1) is 13.5. The summed E-state index contributed by atoms with van der Waals surface area (Å²) in [5.41, 5.74) is 6.47. The fourth-order valence-corrected chi connectivity index (χ4v) is 3.03. The summed E-state index contributed by atoms with van der Waals surface area (Å²) in [7, 11) is 0. The Bertz CT molecular complexity index is 766. The Morgan fingerprint density at radius 1 is 1.52 bits per heavy atom. The van der Waals surface area contributed by atoms with Crippen molar-refractivity contribution in [2.24, 2.45) is 0 Å². The van der Waals surface area contributed by atoms with Crippen molar-refractivity contribution in [3.63, 3.8) is 0 Å². The molecule has 7 nitrogen and oxygen atoms in total. The van der Waals surface area contributed by atoms with Gasteiger partial charge in [-0.1, -0.05) is 0 Å². The first-order valence-electron chi connectivity index (χ1n) is 6.41. The SMILES string of the molecule is CC(Cn1ccnc1)NC(=O)c1sc2nnccc2c1N. The van der Waals surface area contributed by atoms with Crippen molar-refractivity contribution in [1.29, 1.82) is 0 Å². The molecule has 3 aromatic heterocycles. The third kappa shape index (κ3) is 2.70. The number of nitrogens with two attached hydrogens (primary N) is 1. The summed E-state index contributed by atoms with van der Waals surface area (Å²) in [6.45, 7) is 2.58. The number of imidazole rings is 1. The van der Waals surface area contributed by atoms with Gasteiger partial charge in [-0.05, 0) is 13.0 Å². The van der Waals surface area contributed by atoms with E-state index in [1.165, 1.54) is 11.3 Å². The molecule has 108 valence electrons. The standard InChI is InChI=1S/C13H14N6OS/c1-8(6-19-5-4-15-7-19)17-12(20)11-10(14)9-2-3-16-18-13(9)21-11/h2-5,7-8H,6,14H2,1H3,(H,17,20). The van der Waals surface area contributed by atoms with Gasteiger partial charge in [0.15, 0.2) is 0 Å². The maximum Gasteiger partial charge on any atom is 0.263 e. The molecule has 0 aliphatic rings. The van der Waals surface area contributed by atoms with Gasteiger partial charge in [0.05, 0.1) is 18.2 Å². The van der Waals surface area contributed by atoms with Crippen LogP contribution in [0.3, 0.4) is 0 Å². The van der Waals surface area contributed by atoms with Gasteiger partial charge in [-0.15, -0.1) is 16.4 Å². The van der Waals surface area contributed by atoms with E-state index in [0.717, 1.165) is 5.39 Å². The summed E-state index contributed by atoms with van der Waals surface area (Å²) in [5.74, 6) is -0.192. The summed E-state index contributed by atoms with van der Waals surface area (Å²) < 4.78 is 1.91. The van der Waals surface area contributed by atoms with Crippen LogP contribution in [0.2, 0.25) is 0 Å². The van der Waals surface area contributed by atoms with E-state index in [2.05, 4.69) is 20.5 Å². The van der Waals surface area contributed by atoms with Crippen molar-refractivity contribution in [2.75, 3.05) is 5.73 Å². The molecule has 0 fully saturated rings. The van der Waals surface area contributed by atoms with E-state index < -0.39 is 0 Å².